The number of rotatable bonds is 5. The van der Waals surface area contributed by atoms with Crippen LogP contribution in [0.5, 0.6) is 5.19 Å². The van der Waals surface area contributed by atoms with Crippen LogP contribution in [0.25, 0.3) is 0 Å². The van der Waals surface area contributed by atoms with Gasteiger partial charge < -0.3 is 9.64 Å². The molecule has 2 rings (SSSR count). The van der Waals surface area contributed by atoms with Crippen molar-refractivity contribution in [2.75, 3.05) is 14.1 Å². The summed E-state index contributed by atoms with van der Waals surface area (Å²) in [6.07, 6.45) is 8.26. The molecule has 1 saturated carbocycles. The largest absolute Gasteiger partial charge is 0.467 e. The van der Waals surface area contributed by atoms with Crippen LogP contribution in [0.3, 0.4) is 0 Å². The van der Waals surface area contributed by atoms with Crippen molar-refractivity contribution in [2.24, 2.45) is 0 Å². The summed E-state index contributed by atoms with van der Waals surface area (Å²) < 4.78 is 5.83. The van der Waals surface area contributed by atoms with Gasteiger partial charge in [0.05, 0.1) is 5.69 Å². The van der Waals surface area contributed by atoms with Gasteiger partial charge in [0.25, 0.3) is 5.19 Å². The van der Waals surface area contributed by atoms with Crippen LogP contribution < -0.4 is 4.74 Å². The number of thiazole rings is 1. The molecule has 0 bridgehead atoms. The standard InChI is InChI=1S/C14H20N2O2S/c1-10-13(12(17)8-9-16(2)3)19-14(15-10)18-11-6-4-5-7-11/h8-9,11H,4-7H2,1-3H3. The lowest BCUT2D eigenvalue weighted by Crippen LogP contribution is -2.10. The molecular formula is C14H20N2O2S. The van der Waals surface area contributed by atoms with Crippen LogP contribution in [-0.4, -0.2) is 35.9 Å². The van der Waals surface area contributed by atoms with Gasteiger partial charge in [0.1, 0.15) is 11.0 Å². The molecule has 0 atom stereocenters. The molecule has 0 amide bonds. The van der Waals surface area contributed by atoms with E-state index in [1.54, 1.807) is 12.3 Å². The van der Waals surface area contributed by atoms with Crippen LogP contribution in [0.1, 0.15) is 41.0 Å². The third-order valence-corrected chi connectivity index (χ3v) is 4.16. The van der Waals surface area contributed by atoms with E-state index in [2.05, 4.69) is 4.98 Å². The van der Waals surface area contributed by atoms with E-state index >= 15 is 0 Å². The van der Waals surface area contributed by atoms with Crippen molar-refractivity contribution in [1.29, 1.82) is 0 Å². The Morgan fingerprint density at radius 1 is 1.42 bits per heavy atom. The first-order valence-electron chi connectivity index (χ1n) is 6.59. The number of aryl methyl sites for hydroxylation is 1. The van der Waals surface area contributed by atoms with Gasteiger partial charge in [-0.05, 0) is 32.6 Å². The van der Waals surface area contributed by atoms with Gasteiger partial charge >= 0.3 is 0 Å². The topological polar surface area (TPSA) is 42.4 Å². The molecule has 0 spiro atoms. The predicted molar refractivity (Wildman–Crippen MR) is 76.9 cm³/mol. The highest BCUT2D eigenvalue weighted by atomic mass is 32.1. The van der Waals surface area contributed by atoms with E-state index in [0.29, 0.717) is 10.1 Å². The van der Waals surface area contributed by atoms with Crippen molar-refractivity contribution in [1.82, 2.24) is 9.88 Å². The van der Waals surface area contributed by atoms with E-state index in [1.807, 2.05) is 25.9 Å². The first-order chi connectivity index (χ1) is 9.06. The normalized spacial score (nSPS) is 16.2. The van der Waals surface area contributed by atoms with Crippen molar-refractivity contribution < 1.29 is 9.53 Å². The van der Waals surface area contributed by atoms with Crippen molar-refractivity contribution in [3.63, 3.8) is 0 Å². The Morgan fingerprint density at radius 2 is 2.11 bits per heavy atom. The van der Waals surface area contributed by atoms with Gasteiger partial charge in [0, 0.05) is 26.4 Å². The Balaban J connectivity index is 2.05. The first-order valence-corrected chi connectivity index (χ1v) is 7.41. The number of nitrogens with zero attached hydrogens (tertiary/aromatic N) is 2. The Morgan fingerprint density at radius 3 is 2.74 bits per heavy atom. The highest BCUT2D eigenvalue weighted by Crippen LogP contribution is 2.29. The summed E-state index contributed by atoms with van der Waals surface area (Å²) in [5.74, 6) is -0.00929. The summed E-state index contributed by atoms with van der Waals surface area (Å²) in [6.45, 7) is 1.86. The Labute approximate surface area is 118 Å². The molecule has 0 saturated heterocycles. The minimum Gasteiger partial charge on any atom is -0.467 e. The smallest absolute Gasteiger partial charge is 0.274 e. The second kappa shape index (κ2) is 6.19. The van der Waals surface area contributed by atoms with Gasteiger partial charge in [-0.15, -0.1) is 0 Å². The highest BCUT2D eigenvalue weighted by Gasteiger charge is 2.20. The molecule has 1 aromatic rings. The lowest BCUT2D eigenvalue weighted by Gasteiger charge is -2.08. The van der Waals surface area contributed by atoms with Crippen LogP contribution >= 0.6 is 11.3 Å². The predicted octanol–water partition coefficient (Wildman–Crippen LogP) is 3.03. The molecule has 0 unspecified atom stereocenters. The molecule has 0 aliphatic heterocycles. The minimum absolute atomic E-state index is 0.00929. The van der Waals surface area contributed by atoms with Crippen molar-refractivity contribution >= 4 is 17.1 Å². The van der Waals surface area contributed by atoms with Crippen LogP contribution in [-0.2, 0) is 0 Å². The van der Waals surface area contributed by atoms with Gasteiger partial charge in [-0.3, -0.25) is 4.79 Å². The number of ketones is 1. The van der Waals surface area contributed by atoms with Gasteiger partial charge in [-0.2, -0.15) is 0 Å². The molecule has 1 aliphatic carbocycles. The number of carbonyl (C=O) groups is 1. The molecule has 0 aromatic carbocycles. The maximum atomic E-state index is 12.0. The number of ether oxygens (including phenoxy) is 1. The SMILES string of the molecule is Cc1nc(OC2CCCC2)sc1C(=O)C=CN(C)C. The summed E-state index contributed by atoms with van der Waals surface area (Å²) in [5, 5.41) is 0.631. The van der Waals surface area contributed by atoms with E-state index in [0.717, 1.165) is 18.5 Å². The molecule has 19 heavy (non-hydrogen) atoms. The van der Waals surface area contributed by atoms with Gasteiger partial charge in [-0.1, -0.05) is 11.3 Å². The lowest BCUT2D eigenvalue weighted by atomic mass is 10.3. The zero-order valence-electron chi connectivity index (χ0n) is 11.7. The van der Waals surface area contributed by atoms with E-state index in [9.17, 15) is 4.79 Å². The third-order valence-electron chi connectivity index (χ3n) is 3.09. The fourth-order valence-corrected chi connectivity index (χ4v) is 3.00. The molecule has 4 nitrogen and oxygen atoms in total. The van der Waals surface area contributed by atoms with Crippen molar-refractivity contribution in [3.05, 3.63) is 22.8 Å². The fraction of sp³-hybridized carbons (Fsp3) is 0.571. The van der Waals surface area contributed by atoms with E-state index < -0.39 is 0 Å². The highest BCUT2D eigenvalue weighted by molar-refractivity contribution is 7.15. The quantitative estimate of drug-likeness (QED) is 0.614. The average Bonchev–Trinajstić information content (AvgIpc) is 2.96. The Hall–Kier alpha value is -1.36. The molecule has 0 radical (unpaired) electrons. The molecule has 1 aromatic heterocycles. The van der Waals surface area contributed by atoms with Crippen LogP contribution in [0.15, 0.2) is 12.3 Å². The second-order valence-corrected chi connectivity index (χ2v) is 6.02. The van der Waals surface area contributed by atoms with Gasteiger partial charge in [0.15, 0.2) is 5.78 Å². The fourth-order valence-electron chi connectivity index (χ4n) is 2.09. The summed E-state index contributed by atoms with van der Waals surface area (Å²) in [7, 11) is 3.77. The van der Waals surface area contributed by atoms with E-state index in [1.165, 1.54) is 24.2 Å². The molecule has 0 N–H and O–H groups in total. The summed E-state index contributed by atoms with van der Waals surface area (Å²) in [5.41, 5.74) is 0.756. The summed E-state index contributed by atoms with van der Waals surface area (Å²) >= 11 is 1.35. The van der Waals surface area contributed by atoms with Gasteiger partial charge in [-0.25, -0.2) is 4.98 Å². The van der Waals surface area contributed by atoms with E-state index in [-0.39, 0.29) is 11.9 Å². The molecule has 1 fully saturated rings. The minimum atomic E-state index is -0.00929. The zero-order valence-corrected chi connectivity index (χ0v) is 12.5. The van der Waals surface area contributed by atoms with E-state index in [4.69, 9.17) is 4.74 Å². The second-order valence-electron chi connectivity index (χ2n) is 5.06. The monoisotopic (exact) mass is 280 g/mol. The number of hydrogen-bond donors (Lipinski definition) is 0. The van der Waals surface area contributed by atoms with Crippen molar-refractivity contribution in [3.8, 4) is 5.19 Å². The van der Waals surface area contributed by atoms with Crippen LogP contribution in [0, 0.1) is 6.92 Å². The first kappa shape index (κ1) is 14.1. The Kier molecular flexibility index (Phi) is 4.58. The van der Waals surface area contributed by atoms with Gasteiger partial charge in [0.2, 0.25) is 0 Å². The van der Waals surface area contributed by atoms with Crippen LogP contribution in [0.4, 0.5) is 0 Å². The molecule has 5 heteroatoms. The summed E-state index contributed by atoms with van der Waals surface area (Å²) in [4.78, 5) is 18.9. The Bertz CT molecular complexity index is 474. The lowest BCUT2D eigenvalue weighted by molar-refractivity contribution is 0.104. The number of allylic oxidation sites excluding steroid dienone is 1. The van der Waals surface area contributed by atoms with Crippen molar-refractivity contribution in [2.45, 2.75) is 38.7 Å². The molecule has 104 valence electrons. The number of hydrogen-bond acceptors (Lipinski definition) is 5. The molecule has 1 aliphatic rings. The zero-order chi connectivity index (χ0) is 13.8. The molecular weight excluding hydrogens is 260 g/mol. The van der Waals surface area contributed by atoms with Crippen LogP contribution in [0.2, 0.25) is 0 Å². The molecule has 1 heterocycles. The maximum absolute atomic E-state index is 12.0. The average molecular weight is 280 g/mol. The summed E-state index contributed by atoms with van der Waals surface area (Å²) in [6, 6.07) is 0. The maximum Gasteiger partial charge on any atom is 0.274 e. The third kappa shape index (κ3) is 3.80. The number of aromatic nitrogens is 1. The number of carbonyl (C=O) groups excluding carboxylic acids is 1.